The Balaban J connectivity index is 3.91. The van der Waals surface area contributed by atoms with E-state index in [2.05, 4.69) is 9.73 Å². The molecule has 0 aromatic rings. The molecule has 1 atom stereocenters. The number of allylic oxidation sites excluding steroid dienone is 1. The van der Waals surface area contributed by atoms with Crippen molar-refractivity contribution in [2.75, 3.05) is 13.7 Å². The summed E-state index contributed by atoms with van der Waals surface area (Å²) in [6.07, 6.45) is 2.47. The summed E-state index contributed by atoms with van der Waals surface area (Å²) in [5.74, 6) is -0.466. The van der Waals surface area contributed by atoms with Crippen molar-refractivity contribution in [3.05, 3.63) is 11.9 Å². The van der Waals surface area contributed by atoms with Crippen molar-refractivity contribution in [1.82, 2.24) is 0 Å². The Bertz CT molecular complexity index is 284. The van der Waals surface area contributed by atoms with E-state index < -0.39 is 0 Å². The normalized spacial score (nSPS) is 14.8. The van der Waals surface area contributed by atoms with Crippen LogP contribution < -0.4 is 5.73 Å². The Kier molecular flexibility index (Phi) is 7.16. The number of ether oxygens (including phenoxy) is 1. The molecule has 0 spiro atoms. The van der Waals surface area contributed by atoms with Crippen molar-refractivity contribution in [1.29, 1.82) is 0 Å². The summed E-state index contributed by atoms with van der Waals surface area (Å²) in [5.41, 5.74) is 5.27. The zero-order chi connectivity index (χ0) is 12.6. The number of carbonyl (C=O) groups is 1. The highest BCUT2D eigenvalue weighted by molar-refractivity contribution is 5.77. The lowest BCUT2D eigenvalue weighted by molar-refractivity contribution is -0.144. The molecule has 0 rings (SSSR count). The minimum absolute atomic E-state index is 0.0328. The number of amidine groups is 1. The quantitative estimate of drug-likeness (QED) is 0.430. The first-order valence-corrected chi connectivity index (χ1v) is 5.16. The topological polar surface area (TPSA) is 64.7 Å². The fourth-order valence-electron chi connectivity index (χ4n) is 1.07. The molecule has 0 aliphatic heterocycles. The molecule has 0 aromatic heterocycles. The molecular weight excluding hydrogens is 211 g/mol. The number of rotatable bonds is 6. The average Bonchev–Trinajstić information content (AvgIpc) is 2.24. The van der Waals surface area contributed by atoms with Gasteiger partial charge in [-0.2, -0.15) is 0 Å². The van der Waals surface area contributed by atoms with Gasteiger partial charge in [0, 0.05) is 0 Å². The van der Waals surface area contributed by atoms with Crippen LogP contribution in [0.5, 0.6) is 0 Å². The molecule has 5 heteroatoms. The lowest BCUT2D eigenvalue weighted by Gasteiger charge is -2.06. The van der Waals surface area contributed by atoms with Gasteiger partial charge in [0.1, 0.15) is 5.83 Å². The molecule has 92 valence electrons. The summed E-state index contributed by atoms with van der Waals surface area (Å²) in [6.45, 7) is 3.32. The molecule has 0 bridgehead atoms. The molecule has 0 amide bonds. The molecule has 1 unspecified atom stereocenters. The van der Waals surface area contributed by atoms with Gasteiger partial charge in [-0.25, -0.2) is 4.39 Å². The summed E-state index contributed by atoms with van der Waals surface area (Å²) in [7, 11) is 1.34. The highest BCUT2D eigenvalue weighted by atomic mass is 19.1. The molecule has 0 heterocycles. The number of hydrogen-bond acceptors (Lipinski definition) is 3. The molecule has 0 aliphatic carbocycles. The second kappa shape index (κ2) is 7.84. The van der Waals surface area contributed by atoms with E-state index in [9.17, 15) is 9.18 Å². The van der Waals surface area contributed by atoms with Gasteiger partial charge in [0.25, 0.3) is 0 Å². The standard InChI is InChI=1S/C11H19FN2O2/c1-8(11(15)16-3)5-4-6-10(12)7-14-9(2)13/h6,8H,4-5,7H2,1-3H3,(H2,13,14)/b10-6+. The van der Waals surface area contributed by atoms with Gasteiger partial charge in [-0.15, -0.1) is 0 Å². The summed E-state index contributed by atoms with van der Waals surface area (Å²) < 4.78 is 17.6. The van der Waals surface area contributed by atoms with Crippen molar-refractivity contribution >= 4 is 11.8 Å². The molecule has 0 aromatic carbocycles. The summed E-state index contributed by atoms with van der Waals surface area (Å²) in [5, 5.41) is 0. The summed E-state index contributed by atoms with van der Waals surface area (Å²) in [4.78, 5) is 14.8. The van der Waals surface area contributed by atoms with Crippen molar-refractivity contribution in [2.24, 2.45) is 16.6 Å². The molecule has 2 N–H and O–H groups in total. The first kappa shape index (κ1) is 14.6. The molecule has 0 saturated heterocycles. The number of aliphatic imine (C=N–C) groups is 1. The maximum atomic E-state index is 13.1. The fourth-order valence-corrected chi connectivity index (χ4v) is 1.07. The summed E-state index contributed by atoms with van der Waals surface area (Å²) in [6, 6.07) is 0. The van der Waals surface area contributed by atoms with E-state index in [4.69, 9.17) is 5.73 Å². The smallest absolute Gasteiger partial charge is 0.308 e. The van der Waals surface area contributed by atoms with Gasteiger partial charge in [0.2, 0.25) is 0 Å². The highest BCUT2D eigenvalue weighted by Crippen LogP contribution is 2.10. The van der Waals surface area contributed by atoms with E-state index in [0.717, 1.165) is 0 Å². The number of nitrogens with two attached hydrogens (primary N) is 1. The Morgan fingerprint density at radius 1 is 1.62 bits per heavy atom. The largest absolute Gasteiger partial charge is 0.469 e. The van der Waals surface area contributed by atoms with Crippen molar-refractivity contribution in [3.63, 3.8) is 0 Å². The minimum atomic E-state index is -0.332. The third-order valence-electron chi connectivity index (χ3n) is 2.05. The van der Waals surface area contributed by atoms with Gasteiger partial charge >= 0.3 is 5.97 Å². The third-order valence-corrected chi connectivity index (χ3v) is 2.05. The Hall–Kier alpha value is -1.39. The number of carbonyl (C=O) groups excluding carboxylic acids is 1. The maximum absolute atomic E-state index is 13.1. The fraction of sp³-hybridized carbons (Fsp3) is 0.636. The average molecular weight is 230 g/mol. The van der Waals surface area contributed by atoms with Crippen LogP contribution >= 0.6 is 0 Å². The second-order valence-electron chi connectivity index (χ2n) is 3.61. The zero-order valence-corrected chi connectivity index (χ0v) is 10.00. The van der Waals surface area contributed by atoms with Crippen LogP contribution in [0.4, 0.5) is 4.39 Å². The van der Waals surface area contributed by atoms with E-state index in [0.29, 0.717) is 18.7 Å². The van der Waals surface area contributed by atoms with Crippen LogP contribution in [0, 0.1) is 5.92 Å². The first-order valence-electron chi connectivity index (χ1n) is 5.16. The molecule has 0 aliphatic rings. The van der Waals surface area contributed by atoms with Crippen LogP contribution in [-0.4, -0.2) is 25.5 Å². The predicted octanol–water partition coefficient (Wildman–Crippen LogP) is 1.81. The third kappa shape index (κ3) is 6.98. The second-order valence-corrected chi connectivity index (χ2v) is 3.61. The zero-order valence-electron chi connectivity index (χ0n) is 10.00. The highest BCUT2D eigenvalue weighted by Gasteiger charge is 2.11. The van der Waals surface area contributed by atoms with Gasteiger partial charge in [0.15, 0.2) is 0 Å². The SMILES string of the molecule is COC(=O)C(C)CC/C=C(/F)CN=C(C)N. The van der Waals surface area contributed by atoms with E-state index in [1.54, 1.807) is 13.8 Å². The van der Waals surface area contributed by atoms with Crippen LogP contribution in [0.15, 0.2) is 16.9 Å². The molecule has 0 saturated carbocycles. The Morgan fingerprint density at radius 3 is 2.75 bits per heavy atom. The summed E-state index contributed by atoms with van der Waals surface area (Å²) >= 11 is 0. The van der Waals surface area contributed by atoms with Gasteiger partial charge in [-0.3, -0.25) is 9.79 Å². The lowest BCUT2D eigenvalue weighted by Crippen LogP contribution is -2.12. The van der Waals surface area contributed by atoms with Crippen LogP contribution in [0.1, 0.15) is 26.7 Å². The first-order chi connectivity index (χ1) is 7.47. The van der Waals surface area contributed by atoms with Crippen LogP contribution in [0.3, 0.4) is 0 Å². The van der Waals surface area contributed by atoms with E-state index in [1.165, 1.54) is 13.2 Å². The maximum Gasteiger partial charge on any atom is 0.308 e. The Morgan fingerprint density at radius 2 is 2.25 bits per heavy atom. The predicted molar refractivity (Wildman–Crippen MR) is 61.8 cm³/mol. The lowest BCUT2D eigenvalue weighted by atomic mass is 10.1. The van der Waals surface area contributed by atoms with Crippen molar-refractivity contribution < 1.29 is 13.9 Å². The number of halogens is 1. The molecule has 4 nitrogen and oxygen atoms in total. The van der Waals surface area contributed by atoms with E-state index >= 15 is 0 Å². The Labute approximate surface area is 95.4 Å². The van der Waals surface area contributed by atoms with Crippen LogP contribution in [0.25, 0.3) is 0 Å². The van der Waals surface area contributed by atoms with Gasteiger partial charge < -0.3 is 10.5 Å². The minimum Gasteiger partial charge on any atom is -0.469 e. The van der Waals surface area contributed by atoms with Gasteiger partial charge in [0.05, 0.1) is 25.4 Å². The molecule has 16 heavy (non-hydrogen) atoms. The monoisotopic (exact) mass is 230 g/mol. The number of hydrogen-bond donors (Lipinski definition) is 1. The molecular formula is C11H19FN2O2. The number of esters is 1. The number of methoxy groups -OCH3 is 1. The van der Waals surface area contributed by atoms with Crippen LogP contribution in [-0.2, 0) is 9.53 Å². The van der Waals surface area contributed by atoms with Crippen molar-refractivity contribution in [2.45, 2.75) is 26.7 Å². The van der Waals surface area contributed by atoms with Crippen molar-refractivity contribution in [3.8, 4) is 0 Å². The van der Waals surface area contributed by atoms with Gasteiger partial charge in [-0.05, 0) is 19.8 Å². The van der Waals surface area contributed by atoms with E-state index in [1.807, 2.05) is 0 Å². The number of nitrogens with zero attached hydrogens (tertiary/aromatic N) is 1. The van der Waals surface area contributed by atoms with Gasteiger partial charge in [-0.1, -0.05) is 13.0 Å². The van der Waals surface area contributed by atoms with Crippen LogP contribution in [0.2, 0.25) is 0 Å². The molecule has 0 fully saturated rings. The molecule has 0 radical (unpaired) electrons. The van der Waals surface area contributed by atoms with E-state index in [-0.39, 0.29) is 24.3 Å².